The van der Waals surface area contributed by atoms with E-state index in [2.05, 4.69) is 10.6 Å². The van der Waals surface area contributed by atoms with Gasteiger partial charge in [-0.3, -0.25) is 4.79 Å². The van der Waals surface area contributed by atoms with Crippen LogP contribution in [0.4, 0.5) is 15.8 Å². The summed E-state index contributed by atoms with van der Waals surface area (Å²) in [5.74, 6) is -0.234. The molecule has 0 bridgehead atoms. The summed E-state index contributed by atoms with van der Waals surface area (Å²) in [5, 5.41) is 14.4. The molecule has 1 unspecified atom stereocenters. The normalized spacial score (nSPS) is 16.3. The van der Waals surface area contributed by atoms with Crippen LogP contribution in [-0.4, -0.2) is 30.1 Å². The number of hydrogen-bond acceptors (Lipinski definition) is 4. The van der Waals surface area contributed by atoms with Crippen LogP contribution in [0.3, 0.4) is 0 Å². The van der Waals surface area contributed by atoms with Crippen molar-refractivity contribution in [2.24, 2.45) is 0 Å². The maximum atomic E-state index is 13.2. The number of aryl methyl sites for hydroxylation is 1. The topological polar surface area (TPSA) is 68.2 Å². The molecule has 1 fully saturated rings. The molecular weight excluding hydrogens is 391 g/mol. The summed E-state index contributed by atoms with van der Waals surface area (Å²) in [4.78, 5) is 14.7. The van der Waals surface area contributed by atoms with Crippen molar-refractivity contribution in [3.8, 4) is 0 Å². The molecule has 1 saturated heterocycles. The summed E-state index contributed by atoms with van der Waals surface area (Å²) in [7, 11) is 0. The number of anilines is 2. The van der Waals surface area contributed by atoms with Crippen molar-refractivity contribution in [3.05, 3.63) is 94.8 Å². The molecule has 3 aromatic rings. The van der Waals surface area contributed by atoms with Crippen molar-refractivity contribution in [1.82, 2.24) is 10.2 Å². The van der Waals surface area contributed by atoms with E-state index in [1.165, 1.54) is 18.3 Å². The van der Waals surface area contributed by atoms with Crippen molar-refractivity contribution >= 4 is 23.5 Å². The van der Waals surface area contributed by atoms with Gasteiger partial charge < -0.3 is 20.9 Å². The minimum atomic E-state index is -0.294. The molecule has 0 aromatic heterocycles. The van der Waals surface area contributed by atoms with Gasteiger partial charge in [-0.15, -0.1) is 0 Å². The highest BCUT2D eigenvalue weighted by atomic mass is 19.1. The molecule has 6 heteroatoms. The number of amides is 1. The molecule has 0 spiro atoms. The second-order valence-electron chi connectivity index (χ2n) is 7.73. The summed E-state index contributed by atoms with van der Waals surface area (Å²) in [6.45, 7) is 3.53. The number of piperazine rings is 1. The molecule has 0 aliphatic carbocycles. The molecular formula is C25H25FN4O. The molecule has 1 atom stereocenters. The van der Waals surface area contributed by atoms with Crippen LogP contribution in [0.15, 0.2) is 66.7 Å². The van der Waals surface area contributed by atoms with Crippen molar-refractivity contribution in [3.63, 3.8) is 0 Å². The van der Waals surface area contributed by atoms with Gasteiger partial charge in [-0.05, 0) is 60.0 Å². The first-order valence-corrected chi connectivity index (χ1v) is 10.3. The maximum Gasteiger partial charge on any atom is 0.237 e. The molecule has 1 aliphatic heterocycles. The van der Waals surface area contributed by atoms with Crippen molar-refractivity contribution in [2.45, 2.75) is 19.5 Å². The first-order valence-electron chi connectivity index (χ1n) is 10.3. The van der Waals surface area contributed by atoms with Gasteiger partial charge in [0.05, 0.1) is 12.6 Å². The highest BCUT2D eigenvalue weighted by molar-refractivity contribution is 5.88. The zero-order valence-electron chi connectivity index (χ0n) is 17.4. The Kier molecular flexibility index (Phi) is 6.09. The summed E-state index contributed by atoms with van der Waals surface area (Å²) in [5.41, 5.74) is 5.35. The Morgan fingerprint density at radius 1 is 1.16 bits per heavy atom. The molecule has 0 radical (unpaired) electrons. The predicted octanol–water partition coefficient (Wildman–Crippen LogP) is 4.55. The zero-order valence-corrected chi connectivity index (χ0v) is 17.4. The lowest BCUT2D eigenvalue weighted by Gasteiger charge is -2.37. The smallest absolute Gasteiger partial charge is 0.237 e. The van der Waals surface area contributed by atoms with E-state index in [0.717, 1.165) is 28.1 Å². The summed E-state index contributed by atoms with van der Waals surface area (Å²) >= 11 is 0. The molecule has 1 heterocycles. The minimum absolute atomic E-state index is 0.0596. The number of nitrogens with one attached hydrogen (secondary N) is 3. The van der Waals surface area contributed by atoms with Crippen LogP contribution in [0.25, 0.3) is 0 Å². The molecule has 1 aliphatic rings. The van der Waals surface area contributed by atoms with Gasteiger partial charge in [0.1, 0.15) is 5.82 Å². The van der Waals surface area contributed by atoms with E-state index in [9.17, 15) is 9.18 Å². The Balaban J connectivity index is 1.66. The van der Waals surface area contributed by atoms with Crippen molar-refractivity contribution in [1.29, 1.82) is 5.41 Å². The molecule has 3 N–H and O–H groups in total. The lowest BCUT2D eigenvalue weighted by atomic mass is 9.94. The van der Waals surface area contributed by atoms with Crippen LogP contribution in [-0.2, 0) is 11.3 Å². The Labute approximate surface area is 181 Å². The van der Waals surface area contributed by atoms with E-state index in [1.54, 1.807) is 12.1 Å². The third-order valence-electron chi connectivity index (χ3n) is 5.58. The quantitative estimate of drug-likeness (QED) is 0.517. The molecule has 158 valence electrons. The fourth-order valence-electron chi connectivity index (χ4n) is 3.98. The van der Waals surface area contributed by atoms with Crippen LogP contribution in [0.1, 0.15) is 28.3 Å². The van der Waals surface area contributed by atoms with Crippen LogP contribution in [0.2, 0.25) is 0 Å². The molecule has 3 aromatic carbocycles. The van der Waals surface area contributed by atoms with Crippen molar-refractivity contribution in [2.75, 3.05) is 18.4 Å². The SMILES string of the molecule is Cc1cc(Nc2ccc(F)cc2)c(C=N)cc1C1CNCC(=O)N1Cc1ccccc1. The highest BCUT2D eigenvalue weighted by Crippen LogP contribution is 2.32. The van der Waals surface area contributed by atoms with Gasteiger partial charge in [0, 0.05) is 36.2 Å². The Bertz CT molecular complexity index is 1080. The number of nitrogens with zero attached hydrogens (tertiary/aromatic N) is 1. The number of carbonyl (C=O) groups is 1. The Morgan fingerprint density at radius 3 is 2.61 bits per heavy atom. The van der Waals surface area contributed by atoms with E-state index in [1.807, 2.05) is 54.3 Å². The summed E-state index contributed by atoms with van der Waals surface area (Å²) in [6.07, 6.45) is 1.30. The van der Waals surface area contributed by atoms with Gasteiger partial charge in [0.15, 0.2) is 0 Å². The molecule has 1 amide bonds. The fraction of sp³-hybridized carbons (Fsp3) is 0.200. The standard InChI is InChI=1S/C25H25FN4O/c1-17-11-23(29-21-9-7-20(26)8-10-21)19(13-27)12-22(17)24-14-28-15-25(31)30(24)16-18-5-3-2-4-6-18/h2-13,24,27-29H,14-16H2,1H3. The van der Waals surface area contributed by atoms with Gasteiger partial charge >= 0.3 is 0 Å². The van der Waals surface area contributed by atoms with Gasteiger partial charge in [0.2, 0.25) is 5.91 Å². The second-order valence-corrected chi connectivity index (χ2v) is 7.73. The maximum absolute atomic E-state index is 13.2. The molecule has 0 saturated carbocycles. The van der Waals surface area contributed by atoms with Crippen molar-refractivity contribution < 1.29 is 9.18 Å². The van der Waals surface area contributed by atoms with Crippen LogP contribution in [0.5, 0.6) is 0 Å². The van der Waals surface area contributed by atoms with E-state index in [4.69, 9.17) is 5.41 Å². The first kappa shape index (κ1) is 20.8. The average Bonchev–Trinajstić information content (AvgIpc) is 2.78. The van der Waals surface area contributed by atoms with E-state index >= 15 is 0 Å². The van der Waals surface area contributed by atoms with E-state index in [-0.39, 0.29) is 17.8 Å². The van der Waals surface area contributed by atoms with Gasteiger partial charge in [-0.2, -0.15) is 0 Å². The molecule has 4 rings (SSSR count). The molecule has 31 heavy (non-hydrogen) atoms. The highest BCUT2D eigenvalue weighted by Gasteiger charge is 2.30. The predicted molar refractivity (Wildman–Crippen MR) is 121 cm³/mol. The fourth-order valence-corrected chi connectivity index (χ4v) is 3.98. The van der Waals surface area contributed by atoms with Crippen LogP contribution < -0.4 is 10.6 Å². The first-order chi connectivity index (χ1) is 15.0. The van der Waals surface area contributed by atoms with Crippen LogP contribution >= 0.6 is 0 Å². The van der Waals surface area contributed by atoms with Crippen LogP contribution in [0, 0.1) is 18.2 Å². The monoisotopic (exact) mass is 416 g/mol. The summed E-state index contributed by atoms with van der Waals surface area (Å²) in [6, 6.07) is 19.9. The lowest BCUT2D eigenvalue weighted by Crippen LogP contribution is -2.49. The Morgan fingerprint density at radius 2 is 1.90 bits per heavy atom. The summed E-state index contributed by atoms with van der Waals surface area (Å²) < 4.78 is 13.2. The van der Waals surface area contributed by atoms with E-state index < -0.39 is 0 Å². The Hall–Kier alpha value is -3.51. The molecule has 5 nitrogen and oxygen atoms in total. The lowest BCUT2D eigenvalue weighted by molar-refractivity contribution is -0.135. The minimum Gasteiger partial charge on any atom is -0.355 e. The zero-order chi connectivity index (χ0) is 21.8. The third-order valence-corrected chi connectivity index (χ3v) is 5.58. The number of carbonyl (C=O) groups excluding carboxylic acids is 1. The number of halogens is 1. The largest absolute Gasteiger partial charge is 0.355 e. The number of rotatable bonds is 6. The second kappa shape index (κ2) is 9.10. The van der Waals surface area contributed by atoms with Gasteiger partial charge in [0.25, 0.3) is 0 Å². The van der Waals surface area contributed by atoms with Gasteiger partial charge in [-0.25, -0.2) is 4.39 Å². The average molecular weight is 417 g/mol. The van der Waals surface area contributed by atoms with E-state index in [0.29, 0.717) is 25.2 Å². The number of benzene rings is 3. The third kappa shape index (κ3) is 4.64. The van der Waals surface area contributed by atoms with Gasteiger partial charge in [-0.1, -0.05) is 30.3 Å². The number of hydrogen-bond donors (Lipinski definition) is 3.